The molecule has 0 radical (unpaired) electrons. The lowest BCUT2D eigenvalue weighted by Gasteiger charge is -1.99. The first-order valence-electron chi connectivity index (χ1n) is 4.67. The van der Waals surface area contributed by atoms with Crippen LogP contribution < -0.4 is 15.2 Å². The SMILES string of the molecule is COc1cc(OC)ncn1.Nc1ccncn1. The highest BCUT2D eigenvalue weighted by molar-refractivity contribution is 5.22. The van der Waals surface area contributed by atoms with E-state index in [2.05, 4.69) is 19.9 Å². The quantitative estimate of drug-likeness (QED) is 0.811. The van der Waals surface area contributed by atoms with Gasteiger partial charge in [-0.2, -0.15) is 0 Å². The van der Waals surface area contributed by atoms with Gasteiger partial charge in [0.2, 0.25) is 11.8 Å². The topological polar surface area (TPSA) is 96.0 Å². The van der Waals surface area contributed by atoms with E-state index in [4.69, 9.17) is 15.2 Å². The average Bonchev–Trinajstić information content (AvgIpc) is 2.40. The van der Waals surface area contributed by atoms with Crippen molar-refractivity contribution in [3.8, 4) is 11.8 Å². The smallest absolute Gasteiger partial charge is 0.219 e. The molecule has 0 aliphatic heterocycles. The van der Waals surface area contributed by atoms with E-state index in [-0.39, 0.29) is 0 Å². The second-order valence-electron chi connectivity index (χ2n) is 2.74. The van der Waals surface area contributed by atoms with Crippen molar-refractivity contribution in [3.05, 3.63) is 31.0 Å². The molecule has 0 aliphatic carbocycles. The first-order valence-corrected chi connectivity index (χ1v) is 4.67. The Balaban J connectivity index is 0.000000181. The monoisotopic (exact) mass is 235 g/mol. The maximum atomic E-state index is 5.21. The van der Waals surface area contributed by atoms with Crippen molar-refractivity contribution in [1.29, 1.82) is 0 Å². The summed E-state index contributed by atoms with van der Waals surface area (Å²) >= 11 is 0. The van der Waals surface area contributed by atoms with Crippen LogP contribution in [0, 0.1) is 0 Å². The highest BCUT2D eigenvalue weighted by Crippen LogP contribution is 2.10. The lowest BCUT2D eigenvalue weighted by atomic mass is 10.6. The molecule has 90 valence electrons. The molecule has 2 aromatic heterocycles. The number of nitrogens with zero attached hydrogens (tertiary/aromatic N) is 4. The molecule has 0 saturated carbocycles. The van der Waals surface area contributed by atoms with Gasteiger partial charge >= 0.3 is 0 Å². The lowest BCUT2D eigenvalue weighted by Crippen LogP contribution is -1.91. The number of hydrogen-bond donors (Lipinski definition) is 1. The molecule has 0 fully saturated rings. The lowest BCUT2D eigenvalue weighted by molar-refractivity contribution is 0.371. The minimum absolute atomic E-state index is 0.506. The summed E-state index contributed by atoms with van der Waals surface area (Å²) in [6.07, 6.45) is 4.40. The van der Waals surface area contributed by atoms with E-state index in [0.29, 0.717) is 17.6 Å². The van der Waals surface area contributed by atoms with Crippen LogP contribution in [-0.2, 0) is 0 Å². The summed E-state index contributed by atoms with van der Waals surface area (Å²) in [5.41, 5.74) is 5.21. The standard InChI is InChI=1S/C6H8N2O2.C4H5N3/c1-9-5-3-6(10-2)8-4-7-5;5-4-1-2-6-3-7-4/h3-4H,1-2H3;1-3H,(H2,5,6,7). The summed E-state index contributed by atoms with van der Waals surface area (Å²) in [5.74, 6) is 1.52. The van der Waals surface area contributed by atoms with Crippen LogP contribution in [0.3, 0.4) is 0 Å². The minimum atomic E-state index is 0.506. The van der Waals surface area contributed by atoms with Gasteiger partial charge in [-0.3, -0.25) is 0 Å². The largest absolute Gasteiger partial charge is 0.481 e. The maximum Gasteiger partial charge on any atom is 0.219 e. The summed E-state index contributed by atoms with van der Waals surface area (Å²) < 4.78 is 9.65. The van der Waals surface area contributed by atoms with Crippen molar-refractivity contribution >= 4 is 5.82 Å². The van der Waals surface area contributed by atoms with E-state index in [0.717, 1.165) is 0 Å². The van der Waals surface area contributed by atoms with Crippen molar-refractivity contribution in [2.45, 2.75) is 0 Å². The van der Waals surface area contributed by atoms with Gasteiger partial charge in [-0.25, -0.2) is 19.9 Å². The molecule has 0 aromatic carbocycles. The van der Waals surface area contributed by atoms with E-state index in [1.807, 2.05) is 0 Å². The Bertz CT molecular complexity index is 418. The van der Waals surface area contributed by atoms with Gasteiger partial charge in [-0.15, -0.1) is 0 Å². The Hall–Kier alpha value is -2.44. The van der Waals surface area contributed by atoms with E-state index in [1.165, 1.54) is 12.7 Å². The molecule has 17 heavy (non-hydrogen) atoms. The van der Waals surface area contributed by atoms with Crippen LogP contribution in [0.5, 0.6) is 11.8 Å². The molecule has 0 spiro atoms. The fourth-order valence-electron chi connectivity index (χ4n) is 0.847. The first kappa shape index (κ1) is 12.6. The Morgan fingerprint density at radius 2 is 1.65 bits per heavy atom. The summed E-state index contributed by atoms with van der Waals surface area (Å²) in [5, 5.41) is 0. The molecule has 7 nitrogen and oxygen atoms in total. The molecule has 0 unspecified atom stereocenters. The van der Waals surface area contributed by atoms with Crippen molar-refractivity contribution in [2.75, 3.05) is 20.0 Å². The first-order chi connectivity index (χ1) is 8.26. The molecular weight excluding hydrogens is 222 g/mol. The molecular formula is C10H13N5O2. The van der Waals surface area contributed by atoms with Gasteiger partial charge in [0.05, 0.1) is 20.3 Å². The minimum Gasteiger partial charge on any atom is -0.481 e. The van der Waals surface area contributed by atoms with Crippen LogP contribution in [0.15, 0.2) is 31.0 Å². The Labute approximate surface area is 98.7 Å². The zero-order valence-corrected chi connectivity index (χ0v) is 9.57. The maximum absolute atomic E-state index is 5.21. The van der Waals surface area contributed by atoms with E-state index < -0.39 is 0 Å². The summed E-state index contributed by atoms with van der Waals surface area (Å²) in [6.45, 7) is 0. The van der Waals surface area contributed by atoms with Crippen LogP contribution in [0.4, 0.5) is 5.82 Å². The fourth-order valence-corrected chi connectivity index (χ4v) is 0.847. The van der Waals surface area contributed by atoms with Crippen molar-refractivity contribution in [1.82, 2.24) is 19.9 Å². The van der Waals surface area contributed by atoms with Gasteiger partial charge in [0, 0.05) is 6.20 Å². The van der Waals surface area contributed by atoms with E-state index in [1.54, 1.807) is 32.5 Å². The molecule has 2 rings (SSSR count). The number of nitrogen functional groups attached to an aromatic ring is 1. The molecule has 0 aliphatic rings. The zero-order chi connectivity index (χ0) is 12.5. The molecule has 7 heteroatoms. The van der Waals surface area contributed by atoms with Gasteiger partial charge < -0.3 is 15.2 Å². The number of rotatable bonds is 2. The number of nitrogens with two attached hydrogens (primary N) is 1. The van der Waals surface area contributed by atoms with Gasteiger partial charge in [0.1, 0.15) is 18.5 Å². The number of aromatic nitrogens is 4. The van der Waals surface area contributed by atoms with Gasteiger partial charge in [-0.05, 0) is 6.07 Å². The highest BCUT2D eigenvalue weighted by atomic mass is 16.5. The molecule has 2 aromatic rings. The molecule has 2 heterocycles. The third kappa shape index (κ3) is 4.74. The molecule has 0 bridgehead atoms. The summed E-state index contributed by atoms with van der Waals surface area (Å²) in [6, 6.07) is 3.25. The normalized spacial score (nSPS) is 8.82. The van der Waals surface area contributed by atoms with E-state index >= 15 is 0 Å². The predicted molar refractivity (Wildman–Crippen MR) is 61.6 cm³/mol. The van der Waals surface area contributed by atoms with Crippen molar-refractivity contribution in [3.63, 3.8) is 0 Å². The third-order valence-electron chi connectivity index (χ3n) is 1.64. The number of hydrogen-bond acceptors (Lipinski definition) is 7. The van der Waals surface area contributed by atoms with Crippen LogP contribution in [0.25, 0.3) is 0 Å². The van der Waals surface area contributed by atoms with Gasteiger partial charge in [-0.1, -0.05) is 0 Å². The number of methoxy groups -OCH3 is 2. The molecule has 0 amide bonds. The highest BCUT2D eigenvalue weighted by Gasteiger charge is 1.94. The fraction of sp³-hybridized carbons (Fsp3) is 0.200. The Morgan fingerprint density at radius 3 is 2.00 bits per heavy atom. The van der Waals surface area contributed by atoms with E-state index in [9.17, 15) is 0 Å². The van der Waals surface area contributed by atoms with Crippen molar-refractivity contribution < 1.29 is 9.47 Å². The summed E-state index contributed by atoms with van der Waals surface area (Å²) in [4.78, 5) is 14.9. The van der Waals surface area contributed by atoms with Gasteiger partial charge in [0.15, 0.2) is 0 Å². The number of ether oxygens (including phenoxy) is 2. The average molecular weight is 235 g/mol. The predicted octanol–water partition coefficient (Wildman–Crippen LogP) is 0.553. The Morgan fingerprint density at radius 1 is 1.00 bits per heavy atom. The summed E-state index contributed by atoms with van der Waals surface area (Å²) in [7, 11) is 3.09. The molecule has 0 atom stereocenters. The van der Waals surface area contributed by atoms with Crippen LogP contribution in [0.2, 0.25) is 0 Å². The van der Waals surface area contributed by atoms with Crippen molar-refractivity contribution in [2.24, 2.45) is 0 Å². The second-order valence-corrected chi connectivity index (χ2v) is 2.74. The van der Waals surface area contributed by atoms with Crippen LogP contribution in [0.1, 0.15) is 0 Å². The zero-order valence-electron chi connectivity index (χ0n) is 9.57. The van der Waals surface area contributed by atoms with Crippen LogP contribution >= 0.6 is 0 Å². The number of anilines is 1. The Kier molecular flexibility index (Phi) is 5.15. The molecule has 0 saturated heterocycles. The van der Waals surface area contributed by atoms with Gasteiger partial charge in [0.25, 0.3) is 0 Å². The third-order valence-corrected chi connectivity index (χ3v) is 1.64. The molecule has 2 N–H and O–H groups in total. The van der Waals surface area contributed by atoms with Crippen LogP contribution in [-0.4, -0.2) is 34.2 Å². The second kappa shape index (κ2) is 6.94.